The molecule has 2 aliphatic carbocycles. The van der Waals surface area contributed by atoms with Crippen LogP contribution in [0.2, 0.25) is 51.4 Å². The molecule has 8 atom stereocenters. The van der Waals surface area contributed by atoms with Gasteiger partial charge in [-0.1, -0.05) is 125 Å². The minimum atomic E-state index is -1.47. The van der Waals surface area contributed by atoms with Gasteiger partial charge in [0.1, 0.15) is 24.8 Å². The number of carbonyl (C=O) groups excluding carboxylic acids is 3. The monoisotopic (exact) mass is 815 g/mol. The summed E-state index contributed by atoms with van der Waals surface area (Å²) in [5, 5.41) is 0. The molecule has 5 rings (SSSR count). The van der Waals surface area contributed by atoms with Gasteiger partial charge in [-0.3, -0.25) is 19.3 Å². The number of carbonyl (C=O) groups is 3. The van der Waals surface area contributed by atoms with E-state index in [2.05, 4.69) is 78.3 Å². The summed E-state index contributed by atoms with van der Waals surface area (Å²) in [5.74, 6) is -2.00. The van der Waals surface area contributed by atoms with Gasteiger partial charge in [0.2, 0.25) is 5.91 Å². The average molecular weight is 816 g/mol. The lowest BCUT2D eigenvalue weighted by molar-refractivity contribution is -0.223. The van der Waals surface area contributed by atoms with Crippen LogP contribution in [0.3, 0.4) is 0 Å². The average Bonchev–Trinajstić information content (AvgIpc) is 3.40. The van der Waals surface area contributed by atoms with Crippen molar-refractivity contribution in [3.63, 3.8) is 0 Å². The summed E-state index contributed by atoms with van der Waals surface area (Å²) in [6.45, 7) is 23.8. The van der Waals surface area contributed by atoms with Crippen LogP contribution < -0.4 is 0 Å². The first-order valence-electron chi connectivity index (χ1n) is 21.2. The van der Waals surface area contributed by atoms with Crippen LogP contribution in [0, 0.1) is 29.1 Å². The van der Waals surface area contributed by atoms with Gasteiger partial charge in [-0.25, -0.2) is 0 Å². The lowest BCUT2D eigenvalue weighted by Crippen LogP contribution is -2.53. The number of likely N-dealkylation sites (tertiary alicyclic amines) is 1. The predicted octanol–water partition coefficient (Wildman–Crippen LogP) is 9.83. The molecule has 2 amide bonds. The molecular weight excluding hydrogens is 747 g/mol. The van der Waals surface area contributed by atoms with E-state index in [1.807, 2.05) is 55.5 Å². The van der Waals surface area contributed by atoms with Gasteiger partial charge in [-0.15, -0.1) is 0 Å². The highest BCUT2D eigenvalue weighted by atomic mass is 28.3. The zero-order valence-electron chi connectivity index (χ0n) is 36.3. The van der Waals surface area contributed by atoms with Crippen LogP contribution >= 0.6 is 0 Å². The Hall–Kier alpha value is -3.00. The molecule has 0 saturated carbocycles. The maximum atomic E-state index is 15.5. The molecule has 57 heavy (non-hydrogen) atoms. The Bertz CT molecular complexity index is 1740. The molecule has 1 aliphatic heterocycles. The topological polar surface area (TPSA) is 91.4 Å². The summed E-state index contributed by atoms with van der Waals surface area (Å²) in [6.07, 6.45) is 7.36. The molecule has 0 radical (unpaired) electrons. The Labute approximate surface area is 344 Å². The number of amides is 2. The minimum absolute atomic E-state index is 0.0115. The molecule has 1 spiro atoms. The highest BCUT2D eigenvalue weighted by Crippen LogP contribution is 2.58. The Morgan fingerprint density at radius 3 is 2.07 bits per heavy atom. The molecule has 0 bridgehead atoms. The molecule has 0 unspecified atom stereocenters. The zero-order chi connectivity index (χ0) is 41.6. The fraction of sp³-hybridized carbons (Fsp3) is 0.596. The molecule has 1 saturated heterocycles. The van der Waals surface area contributed by atoms with Gasteiger partial charge in [-0.2, -0.15) is 0 Å². The van der Waals surface area contributed by atoms with Crippen molar-refractivity contribution < 1.29 is 33.3 Å². The molecule has 1 fully saturated rings. The van der Waals surface area contributed by atoms with Gasteiger partial charge in [-0.05, 0) is 74.7 Å². The Kier molecular flexibility index (Phi) is 15.0. The summed E-state index contributed by atoms with van der Waals surface area (Å²) < 4.78 is 25.5. The van der Waals surface area contributed by atoms with E-state index in [-0.39, 0.29) is 43.5 Å². The number of ether oxygens (including phenoxy) is 4. The van der Waals surface area contributed by atoms with Crippen LogP contribution in [0.1, 0.15) is 62.9 Å². The van der Waals surface area contributed by atoms with E-state index in [0.717, 1.165) is 23.2 Å². The number of hydrogen-bond donors (Lipinski definition) is 0. The van der Waals surface area contributed by atoms with Crippen molar-refractivity contribution in [2.45, 2.75) is 122 Å². The summed E-state index contributed by atoms with van der Waals surface area (Å²) in [7, 11) is -2.61. The molecule has 2 aromatic rings. The molecular formula is C47H69NO7Si2. The molecule has 10 heteroatoms. The van der Waals surface area contributed by atoms with Crippen molar-refractivity contribution in [3.05, 3.63) is 95.6 Å². The first-order chi connectivity index (χ1) is 26.9. The van der Waals surface area contributed by atoms with Gasteiger partial charge < -0.3 is 18.9 Å². The molecule has 312 valence electrons. The van der Waals surface area contributed by atoms with E-state index in [1.165, 1.54) is 4.90 Å². The smallest absolute Gasteiger partial charge is 0.260 e. The second-order valence-electron chi connectivity index (χ2n) is 19.5. The number of allylic oxidation sites excluding steroid dienone is 4. The number of ketones is 1. The maximum Gasteiger partial charge on any atom is 0.260 e. The second-order valence-corrected chi connectivity index (χ2v) is 30.7. The fourth-order valence-electron chi connectivity index (χ4n) is 9.18. The number of imide groups is 1. The third kappa shape index (κ3) is 10.6. The largest absolute Gasteiger partial charge is 0.356 e. The third-order valence-electron chi connectivity index (χ3n) is 12.7. The zero-order valence-corrected chi connectivity index (χ0v) is 38.3. The molecule has 3 aliphatic rings. The van der Waals surface area contributed by atoms with Crippen molar-refractivity contribution >= 4 is 33.7 Å². The van der Waals surface area contributed by atoms with Gasteiger partial charge in [0, 0.05) is 59.2 Å². The lowest BCUT2D eigenvalue weighted by Gasteiger charge is -2.45. The fourth-order valence-corrected chi connectivity index (χ4v) is 10.7. The summed E-state index contributed by atoms with van der Waals surface area (Å²) in [4.78, 5) is 47.2. The van der Waals surface area contributed by atoms with Crippen LogP contribution in [0.25, 0.3) is 0 Å². The Morgan fingerprint density at radius 1 is 0.860 bits per heavy atom. The van der Waals surface area contributed by atoms with E-state index < -0.39 is 57.1 Å². The van der Waals surface area contributed by atoms with Crippen molar-refractivity contribution in [2.24, 2.45) is 29.1 Å². The molecule has 8 nitrogen and oxygen atoms in total. The van der Waals surface area contributed by atoms with E-state index in [1.54, 1.807) is 12.1 Å². The lowest BCUT2D eigenvalue weighted by atomic mass is 9.54. The number of nitrogens with zero attached hydrogens (tertiary/aromatic N) is 1. The van der Waals surface area contributed by atoms with Gasteiger partial charge in [0.15, 0.2) is 0 Å². The highest BCUT2D eigenvalue weighted by molar-refractivity contribution is 6.76. The standard InChI is InChI=1S/C47H69NO7Si2/c1-34-18-17-23-39-30-35(2)36(3)42-40(31-37-19-13-11-14-20-37)48(44(50)38-21-15-12-16-22-38)45(51)47(39,42)41(49)24-25-46(4,55-33-53-27-29-57(8,9)10)43(34)54-32-52-26-28-56(5,6)7/h11-17,19-23,30,34,36,39-40,42-43H,18,24-29,31-33H2,1-10H3/b23-17+/t34-,36+,39-,40-,42-,43-,46+,47+/m0/s1. The van der Waals surface area contributed by atoms with Crippen LogP contribution in [0.5, 0.6) is 0 Å². The molecule has 1 heterocycles. The number of hydrogen-bond acceptors (Lipinski definition) is 7. The summed E-state index contributed by atoms with van der Waals surface area (Å²) >= 11 is 0. The second kappa shape index (κ2) is 18.9. The van der Waals surface area contributed by atoms with E-state index in [0.29, 0.717) is 38.0 Å². The van der Waals surface area contributed by atoms with Crippen LogP contribution in [-0.4, -0.2) is 83.2 Å². The predicted molar refractivity (Wildman–Crippen MR) is 233 cm³/mol. The van der Waals surface area contributed by atoms with Crippen LogP contribution in [0.15, 0.2) is 84.5 Å². The SMILES string of the molecule is CC1=C[C@@H]2/C=C/C[C@H](C)[C@H](OCOCC[Si](C)(C)C)[C@](C)(OCOCC[Si](C)(C)C)CCC(=O)[C@]23C(=O)N(C(=O)c2ccccc2)[C@@H](Cc2ccccc2)[C@@H]3[C@@H]1C. The first-order valence-corrected chi connectivity index (χ1v) is 28.6. The highest BCUT2D eigenvalue weighted by Gasteiger charge is 2.69. The minimum Gasteiger partial charge on any atom is -0.356 e. The number of benzene rings is 2. The maximum absolute atomic E-state index is 15.5. The molecule has 0 aromatic heterocycles. The summed E-state index contributed by atoms with van der Waals surface area (Å²) in [5.41, 5.74) is 0.166. The Balaban J connectivity index is 1.55. The Morgan fingerprint density at radius 2 is 1.46 bits per heavy atom. The van der Waals surface area contributed by atoms with Crippen molar-refractivity contribution in [1.82, 2.24) is 4.90 Å². The third-order valence-corrected chi connectivity index (χ3v) is 16.1. The van der Waals surface area contributed by atoms with E-state index >= 15 is 9.59 Å². The van der Waals surface area contributed by atoms with Crippen LogP contribution in [-0.2, 0) is 35.0 Å². The van der Waals surface area contributed by atoms with Gasteiger partial charge in [0.25, 0.3) is 5.91 Å². The number of Topliss-reactive ketones (excluding diaryl/α,β-unsaturated/α-hetero) is 1. The van der Waals surface area contributed by atoms with Crippen molar-refractivity contribution in [3.8, 4) is 0 Å². The number of rotatable bonds is 15. The van der Waals surface area contributed by atoms with Crippen molar-refractivity contribution in [2.75, 3.05) is 26.8 Å². The molecule has 2 aromatic carbocycles. The summed E-state index contributed by atoms with van der Waals surface area (Å²) in [6, 6.07) is 20.5. The van der Waals surface area contributed by atoms with E-state index in [4.69, 9.17) is 18.9 Å². The van der Waals surface area contributed by atoms with E-state index in [9.17, 15) is 4.79 Å². The van der Waals surface area contributed by atoms with Crippen molar-refractivity contribution in [1.29, 1.82) is 0 Å². The normalized spacial score (nSPS) is 30.3. The van der Waals surface area contributed by atoms with Crippen LogP contribution in [0.4, 0.5) is 0 Å². The molecule has 0 N–H and O–H groups in total. The quantitative estimate of drug-likeness (QED) is 0.0442. The van der Waals surface area contributed by atoms with Gasteiger partial charge in [0.05, 0.1) is 11.7 Å². The first kappa shape index (κ1) is 45.1. The van der Waals surface area contributed by atoms with Gasteiger partial charge >= 0.3 is 0 Å².